The molecule has 0 aliphatic carbocycles. The van der Waals surface area contributed by atoms with Crippen LogP contribution in [0.25, 0.3) is 0 Å². The topological polar surface area (TPSA) is 36.3 Å². The van der Waals surface area contributed by atoms with Crippen molar-refractivity contribution in [1.29, 1.82) is 5.26 Å². The molecule has 10 heteroatoms. The van der Waals surface area contributed by atoms with Crippen LogP contribution in [0.1, 0.15) is 5.56 Å². The third-order valence-electron chi connectivity index (χ3n) is 4.02. The van der Waals surface area contributed by atoms with Crippen LogP contribution >= 0.6 is 0 Å². The molecule has 0 fully saturated rings. The van der Waals surface area contributed by atoms with E-state index in [9.17, 15) is 30.7 Å². The highest BCUT2D eigenvalue weighted by molar-refractivity contribution is 5.36. The second kappa shape index (κ2) is 7.13. The van der Waals surface area contributed by atoms with Gasteiger partial charge in [0.25, 0.3) is 0 Å². The molecule has 1 aliphatic rings. The van der Waals surface area contributed by atoms with Gasteiger partial charge in [-0.1, -0.05) is 18.2 Å². The molecule has 1 unspecified atom stereocenters. The van der Waals surface area contributed by atoms with Crippen LogP contribution in [0.5, 0.6) is 5.75 Å². The van der Waals surface area contributed by atoms with Crippen LogP contribution in [0.2, 0.25) is 0 Å². The maximum atomic E-state index is 14.2. The number of benzene rings is 1. The summed E-state index contributed by atoms with van der Waals surface area (Å²) in [5.41, 5.74) is -5.90. The minimum Gasteiger partial charge on any atom is -0.497 e. The van der Waals surface area contributed by atoms with E-state index in [1.54, 1.807) is 24.3 Å². The number of alkyl halides is 7. The van der Waals surface area contributed by atoms with Gasteiger partial charge in [-0.2, -0.15) is 31.6 Å². The summed E-state index contributed by atoms with van der Waals surface area (Å²) in [5, 5.41) is 9.01. The zero-order chi connectivity index (χ0) is 20.5. The van der Waals surface area contributed by atoms with Gasteiger partial charge < -0.3 is 9.64 Å². The maximum Gasteiger partial charge on any atom is 0.432 e. The summed E-state index contributed by atoms with van der Waals surface area (Å²) in [6.45, 7) is 0.0513. The second-order valence-corrected chi connectivity index (χ2v) is 5.74. The Hall–Kier alpha value is -2.70. The van der Waals surface area contributed by atoms with Gasteiger partial charge in [-0.3, -0.25) is 0 Å². The molecule has 0 N–H and O–H groups in total. The van der Waals surface area contributed by atoms with E-state index < -0.39 is 29.5 Å². The first kappa shape index (κ1) is 20.6. The highest BCUT2D eigenvalue weighted by atomic mass is 19.4. The summed E-state index contributed by atoms with van der Waals surface area (Å²) in [7, 11) is 1.45. The quantitative estimate of drug-likeness (QED) is 0.683. The van der Waals surface area contributed by atoms with Crippen LogP contribution in [0.15, 0.2) is 48.3 Å². The van der Waals surface area contributed by atoms with Crippen molar-refractivity contribution in [1.82, 2.24) is 4.90 Å². The Labute approximate surface area is 149 Å². The number of methoxy groups -OCH3 is 1. The van der Waals surface area contributed by atoms with Crippen molar-refractivity contribution >= 4 is 0 Å². The third-order valence-corrected chi connectivity index (χ3v) is 4.02. The first-order chi connectivity index (χ1) is 12.4. The van der Waals surface area contributed by atoms with Gasteiger partial charge in [0.1, 0.15) is 5.75 Å². The Kier molecular flexibility index (Phi) is 5.45. The number of halogens is 7. The van der Waals surface area contributed by atoms with Gasteiger partial charge in [0, 0.05) is 18.9 Å². The third kappa shape index (κ3) is 3.86. The fourth-order valence-corrected chi connectivity index (χ4v) is 2.60. The largest absolute Gasteiger partial charge is 0.497 e. The minimum atomic E-state index is -6.24. The fraction of sp³-hybridized carbons (Fsp3) is 0.353. The molecule has 0 radical (unpaired) electrons. The smallest absolute Gasteiger partial charge is 0.432 e. The Morgan fingerprint density at radius 2 is 1.59 bits per heavy atom. The predicted octanol–water partition coefficient (Wildman–Crippen LogP) is 4.88. The standard InChI is InChI=1S/C17H13F7N2O/c1-27-13-4-2-11(3-5-13)9-26-7-6-14(12(8-25)10-26)15(18,16(19,20)21)17(22,23)24/h2-7,10,14H,9H2,1H3. The van der Waals surface area contributed by atoms with Crippen molar-refractivity contribution < 1.29 is 35.5 Å². The molecular weight excluding hydrogens is 381 g/mol. The van der Waals surface area contributed by atoms with Gasteiger partial charge in [-0.25, -0.2) is 4.39 Å². The average Bonchev–Trinajstić information content (AvgIpc) is 2.59. The molecule has 0 aromatic heterocycles. The number of ether oxygens (including phenoxy) is 1. The lowest BCUT2D eigenvalue weighted by molar-refractivity contribution is -0.350. The van der Waals surface area contributed by atoms with Crippen molar-refractivity contribution in [3.05, 3.63) is 53.9 Å². The molecule has 27 heavy (non-hydrogen) atoms. The SMILES string of the molecule is COc1ccc(CN2C=CC(C(F)(C(F)(F)F)C(F)(F)F)C(C#N)=C2)cc1. The number of hydrogen-bond donors (Lipinski definition) is 0. The Morgan fingerprint density at radius 1 is 1.04 bits per heavy atom. The zero-order valence-electron chi connectivity index (χ0n) is 13.8. The zero-order valence-corrected chi connectivity index (χ0v) is 13.8. The number of rotatable bonds is 4. The van der Waals surface area contributed by atoms with Gasteiger partial charge >= 0.3 is 18.0 Å². The Balaban J connectivity index is 2.32. The summed E-state index contributed by atoms with van der Waals surface area (Å²) in [4.78, 5) is 1.20. The second-order valence-electron chi connectivity index (χ2n) is 5.74. The van der Waals surface area contributed by atoms with E-state index >= 15 is 0 Å². The van der Waals surface area contributed by atoms with Crippen molar-refractivity contribution in [3.8, 4) is 11.8 Å². The number of nitrogens with zero attached hydrogens (tertiary/aromatic N) is 2. The van der Waals surface area contributed by atoms with Gasteiger partial charge in [-0.05, 0) is 17.7 Å². The van der Waals surface area contributed by atoms with Crippen LogP contribution in [-0.2, 0) is 6.54 Å². The fourth-order valence-electron chi connectivity index (χ4n) is 2.60. The molecule has 0 amide bonds. The van der Waals surface area contributed by atoms with Crippen molar-refractivity contribution in [2.24, 2.45) is 5.92 Å². The molecule has 3 nitrogen and oxygen atoms in total. The minimum absolute atomic E-state index is 0.0513. The van der Waals surface area contributed by atoms with E-state index in [1.165, 1.54) is 18.1 Å². The van der Waals surface area contributed by atoms with Gasteiger partial charge in [0.2, 0.25) is 0 Å². The van der Waals surface area contributed by atoms with E-state index in [1.807, 2.05) is 0 Å². The normalized spacial score (nSPS) is 18.1. The van der Waals surface area contributed by atoms with E-state index in [4.69, 9.17) is 10.00 Å². The molecular formula is C17H13F7N2O. The van der Waals surface area contributed by atoms with Crippen molar-refractivity contribution in [2.45, 2.75) is 24.6 Å². The van der Waals surface area contributed by atoms with Crippen LogP contribution in [0.4, 0.5) is 30.7 Å². The van der Waals surface area contributed by atoms with Gasteiger partial charge in [-0.15, -0.1) is 0 Å². The molecule has 0 spiro atoms. The molecule has 0 bridgehead atoms. The summed E-state index contributed by atoms with van der Waals surface area (Å²) < 4.78 is 96.7. The molecule has 146 valence electrons. The van der Waals surface area contributed by atoms with Crippen LogP contribution < -0.4 is 4.74 Å². The lowest BCUT2D eigenvalue weighted by atomic mass is 9.81. The van der Waals surface area contributed by atoms with Crippen LogP contribution in [0.3, 0.4) is 0 Å². The van der Waals surface area contributed by atoms with E-state index in [2.05, 4.69) is 0 Å². The lowest BCUT2D eigenvalue weighted by Crippen LogP contribution is -2.58. The highest BCUT2D eigenvalue weighted by Crippen LogP contribution is 2.53. The first-order valence-corrected chi connectivity index (χ1v) is 7.45. The molecule has 1 aliphatic heterocycles. The van der Waals surface area contributed by atoms with Crippen LogP contribution in [0, 0.1) is 17.2 Å². The summed E-state index contributed by atoms with van der Waals surface area (Å²) in [5.74, 6) is -2.27. The summed E-state index contributed by atoms with van der Waals surface area (Å²) in [6, 6.07) is 7.73. The molecule has 0 saturated heterocycles. The monoisotopic (exact) mass is 394 g/mol. The Morgan fingerprint density at radius 3 is 2.04 bits per heavy atom. The lowest BCUT2D eigenvalue weighted by Gasteiger charge is -2.37. The molecule has 1 atom stereocenters. The Bertz CT molecular complexity index is 758. The van der Waals surface area contributed by atoms with Crippen molar-refractivity contribution in [2.75, 3.05) is 7.11 Å². The molecule has 2 rings (SSSR count). The van der Waals surface area contributed by atoms with Crippen LogP contribution in [-0.4, -0.2) is 30.0 Å². The first-order valence-electron chi connectivity index (χ1n) is 7.45. The molecule has 1 aromatic rings. The van der Waals surface area contributed by atoms with Gasteiger partial charge in [0.15, 0.2) is 0 Å². The number of nitriles is 1. The molecule has 1 aromatic carbocycles. The molecule has 0 saturated carbocycles. The summed E-state index contributed by atoms with van der Waals surface area (Å²) in [6.07, 6.45) is -10.4. The van der Waals surface area contributed by atoms with E-state index in [0.717, 1.165) is 12.4 Å². The summed E-state index contributed by atoms with van der Waals surface area (Å²) >= 11 is 0. The number of allylic oxidation sites excluding steroid dienone is 2. The average molecular weight is 394 g/mol. The van der Waals surface area contributed by atoms with E-state index in [-0.39, 0.29) is 6.54 Å². The van der Waals surface area contributed by atoms with E-state index in [0.29, 0.717) is 17.4 Å². The predicted molar refractivity (Wildman–Crippen MR) is 80.8 cm³/mol. The maximum absolute atomic E-state index is 14.2. The number of hydrogen-bond acceptors (Lipinski definition) is 3. The highest BCUT2D eigenvalue weighted by Gasteiger charge is 2.76. The van der Waals surface area contributed by atoms with Crippen molar-refractivity contribution in [3.63, 3.8) is 0 Å². The van der Waals surface area contributed by atoms with Gasteiger partial charge in [0.05, 0.1) is 24.7 Å². The molecule has 1 heterocycles.